The van der Waals surface area contributed by atoms with E-state index in [2.05, 4.69) is 15.3 Å². The number of halogens is 1. The third-order valence-corrected chi connectivity index (χ3v) is 5.80. The summed E-state index contributed by atoms with van der Waals surface area (Å²) in [6.45, 7) is 4.02. The zero-order chi connectivity index (χ0) is 18.9. The van der Waals surface area contributed by atoms with Gasteiger partial charge in [-0.05, 0) is 49.6 Å². The standard InChI is InChI=1S/C20H25FN4O2/c1-24-18(13-17(23-24)15-3-5-16(21)6-4-15)19(26)22-14-20(7-2-8-20)25-9-11-27-12-10-25/h3-6,13H,2,7-12,14H2,1H3,(H,22,26). The number of aryl methyl sites for hydroxylation is 1. The second-order valence-electron chi connectivity index (χ2n) is 7.41. The average molecular weight is 372 g/mol. The first-order valence-electron chi connectivity index (χ1n) is 9.48. The Balaban J connectivity index is 1.44. The van der Waals surface area contributed by atoms with Crippen molar-refractivity contribution < 1.29 is 13.9 Å². The summed E-state index contributed by atoms with van der Waals surface area (Å²) in [5.74, 6) is -0.417. The predicted molar refractivity (Wildman–Crippen MR) is 99.9 cm³/mol. The van der Waals surface area contributed by atoms with Crippen molar-refractivity contribution in [3.63, 3.8) is 0 Å². The summed E-state index contributed by atoms with van der Waals surface area (Å²) in [7, 11) is 1.75. The van der Waals surface area contributed by atoms with Gasteiger partial charge in [0.2, 0.25) is 0 Å². The third kappa shape index (κ3) is 3.61. The molecule has 0 unspecified atom stereocenters. The Labute approximate surface area is 158 Å². The first kappa shape index (κ1) is 18.1. The predicted octanol–water partition coefficient (Wildman–Crippen LogP) is 2.21. The molecule has 2 fully saturated rings. The number of ether oxygens (including phenoxy) is 1. The molecule has 1 N–H and O–H groups in total. The van der Waals surface area contributed by atoms with Gasteiger partial charge in [0.15, 0.2) is 0 Å². The van der Waals surface area contributed by atoms with Crippen molar-refractivity contribution in [2.45, 2.75) is 24.8 Å². The zero-order valence-corrected chi connectivity index (χ0v) is 15.6. The summed E-state index contributed by atoms with van der Waals surface area (Å²) in [5, 5.41) is 7.52. The minimum atomic E-state index is -0.290. The van der Waals surface area contributed by atoms with Crippen molar-refractivity contribution in [1.29, 1.82) is 0 Å². The summed E-state index contributed by atoms with van der Waals surface area (Å²) >= 11 is 0. The van der Waals surface area contributed by atoms with E-state index in [1.54, 1.807) is 29.9 Å². The van der Waals surface area contributed by atoms with Gasteiger partial charge in [-0.2, -0.15) is 5.10 Å². The van der Waals surface area contributed by atoms with Crippen LogP contribution in [0.2, 0.25) is 0 Å². The number of hydrogen-bond acceptors (Lipinski definition) is 4. The quantitative estimate of drug-likeness (QED) is 0.874. The van der Waals surface area contributed by atoms with Crippen LogP contribution in [0.1, 0.15) is 29.8 Å². The SMILES string of the molecule is Cn1nc(-c2ccc(F)cc2)cc1C(=O)NCC1(N2CCOCC2)CCC1. The van der Waals surface area contributed by atoms with Crippen LogP contribution in [-0.4, -0.2) is 59.0 Å². The summed E-state index contributed by atoms with van der Waals surface area (Å²) in [5.41, 5.74) is 2.02. The van der Waals surface area contributed by atoms with Crippen LogP contribution in [0.25, 0.3) is 11.3 Å². The van der Waals surface area contributed by atoms with Crippen molar-refractivity contribution in [2.75, 3.05) is 32.8 Å². The number of morpholine rings is 1. The summed E-state index contributed by atoms with van der Waals surface area (Å²) in [6.07, 6.45) is 3.42. The van der Waals surface area contributed by atoms with Gasteiger partial charge in [0.1, 0.15) is 11.5 Å². The highest BCUT2D eigenvalue weighted by atomic mass is 19.1. The molecule has 0 bridgehead atoms. The molecular formula is C20H25FN4O2. The Bertz CT molecular complexity index is 808. The van der Waals surface area contributed by atoms with Crippen LogP contribution in [0.15, 0.2) is 30.3 Å². The molecular weight excluding hydrogens is 347 g/mol. The van der Waals surface area contributed by atoms with E-state index >= 15 is 0 Å². The molecule has 1 amide bonds. The maximum atomic E-state index is 13.1. The molecule has 0 atom stereocenters. The molecule has 1 aliphatic carbocycles. The minimum Gasteiger partial charge on any atom is -0.379 e. The number of carbonyl (C=O) groups is 1. The molecule has 2 aromatic rings. The first-order valence-corrected chi connectivity index (χ1v) is 9.48. The molecule has 4 rings (SSSR count). The monoisotopic (exact) mass is 372 g/mol. The Morgan fingerprint density at radius 2 is 1.96 bits per heavy atom. The molecule has 1 aromatic carbocycles. The van der Waals surface area contributed by atoms with Gasteiger partial charge in [0.25, 0.3) is 5.91 Å². The lowest BCUT2D eigenvalue weighted by atomic mass is 9.75. The van der Waals surface area contributed by atoms with Crippen LogP contribution in [-0.2, 0) is 11.8 Å². The highest BCUT2D eigenvalue weighted by Crippen LogP contribution is 2.37. The molecule has 6 nitrogen and oxygen atoms in total. The molecule has 1 saturated heterocycles. The molecule has 2 heterocycles. The number of aromatic nitrogens is 2. The number of hydrogen-bond donors (Lipinski definition) is 1. The lowest BCUT2D eigenvalue weighted by Gasteiger charge is -2.51. The van der Waals surface area contributed by atoms with E-state index in [4.69, 9.17) is 4.74 Å². The zero-order valence-electron chi connectivity index (χ0n) is 15.6. The molecule has 27 heavy (non-hydrogen) atoms. The fraction of sp³-hybridized carbons (Fsp3) is 0.500. The molecule has 144 valence electrons. The van der Waals surface area contributed by atoms with Gasteiger partial charge in [-0.25, -0.2) is 4.39 Å². The second-order valence-corrected chi connectivity index (χ2v) is 7.41. The fourth-order valence-corrected chi connectivity index (χ4v) is 4.00. The van der Waals surface area contributed by atoms with Gasteiger partial charge in [0.05, 0.1) is 18.9 Å². The maximum absolute atomic E-state index is 13.1. The number of amides is 1. The fourth-order valence-electron chi connectivity index (χ4n) is 4.00. The van der Waals surface area contributed by atoms with E-state index in [9.17, 15) is 9.18 Å². The molecule has 1 saturated carbocycles. The number of nitrogens with one attached hydrogen (secondary N) is 1. The molecule has 1 aliphatic heterocycles. The molecule has 2 aliphatic rings. The number of nitrogens with zero attached hydrogens (tertiary/aromatic N) is 3. The largest absolute Gasteiger partial charge is 0.379 e. The van der Waals surface area contributed by atoms with Gasteiger partial charge in [-0.1, -0.05) is 0 Å². The minimum absolute atomic E-state index is 0.0673. The number of carbonyl (C=O) groups excluding carboxylic acids is 1. The number of benzene rings is 1. The van der Waals surface area contributed by atoms with Crippen LogP contribution in [0, 0.1) is 5.82 Å². The average Bonchev–Trinajstić information content (AvgIpc) is 3.04. The molecule has 0 radical (unpaired) electrons. The van der Waals surface area contributed by atoms with Gasteiger partial charge in [-0.15, -0.1) is 0 Å². The maximum Gasteiger partial charge on any atom is 0.269 e. The van der Waals surface area contributed by atoms with Crippen molar-refractivity contribution >= 4 is 5.91 Å². The van der Waals surface area contributed by atoms with Crippen molar-refractivity contribution in [1.82, 2.24) is 20.0 Å². The van der Waals surface area contributed by atoms with Gasteiger partial charge < -0.3 is 10.1 Å². The smallest absolute Gasteiger partial charge is 0.269 e. The highest BCUT2D eigenvalue weighted by Gasteiger charge is 2.43. The van der Waals surface area contributed by atoms with Crippen LogP contribution in [0.3, 0.4) is 0 Å². The van der Waals surface area contributed by atoms with Gasteiger partial charge >= 0.3 is 0 Å². The van der Waals surface area contributed by atoms with E-state index in [0.717, 1.165) is 44.7 Å². The number of rotatable bonds is 5. The Kier molecular flexibility index (Phi) is 4.97. The van der Waals surface area contributed by atoms with Gasteiger partial charge in [0, 0.05) is 37.8 Å². The van der Waals surface area contributed by atoms with E-state index in [1.807, 2.05) is 0 Å². The van der Waals surface area contributed by atoms with Crippen molar-refractivity contribution in [2.24, 2.45) is 7.05 Å². The second kappa shape index (κ2) is 7.40. The van der Waals surface area contributed by atoms with E-state index in [-0.39, 0.29) is 17.3 Å². The van der Waals surface area contributed by atoms with Crippen molar-refractivity contribution in [3.05, 3.63) is 41.8 Å². The van der Waals surface area contributed by atoms with Crippen LogP contribution in [0.4, 0.5) is 4.39 Å². The highest BCUT2D eigenvalue weighted by molar-refractivity contribution is 5.93. The van der Waals surface area contributed by atoms with Crippen molar-refractivity contribution in [3.8, 4) is 11.3 Å². The summed E-state index contributed by atoms with van der Waals surface area (Å²) < 4.78 is 20.2. The first-order chi connectivity index (χ1) is 13.1. The van der Waals surface area contributed by atoms with E-state index < -0.39 is 0 Å². The Morgan fingerprint density at radius 1 is 1.26 bits per heavy atom. The Morgan fingerprint density at radius 3 is 2.59 bits per heavy atom. The molecule has 7 heteroatoms. The van der Waals surface area contributed by atoms with Crippen LogP contribution >= 0.6 is 0 Å². The molecule has 1 aromatic heterocycles. The summed E-state index contributed by atoms with van der Waals surface area (Å²) in [6, 6.07) is 7.88. The van der Waals surface area contributed by atoms with Crippen LogP contribution < -0.4 is 5.32 Å². The van der Waals surface area contributed by atoms with E-state index in [0.29, 0.717) is 17.9 Å². The topological polar surface area (TPSA) is 59.4 Å². The van der Waals surface area contributed by atoms with Gasteiger partial charge in [-0.3, -0.25) is 14.4 Å². The molecule has 0 spiro atoms. The lowest BCUT2D eigenvalue weighted by molar-refractivity contribution is -0.0540. The van der Waals surface area contributed by atoms with E-state index in [1.165, 1.54) is 18.6 Å². The third-order valence-electron chi connectivity index (χ3n) is 5.80. The normalized spacial score (nSPS) is 19.5. The Hall–Kier alpha value is -2.25. The lowest BCUT2D eigenvalue weighted by Crippen LogP contribution is -2.62. The van der Waals surface area contributed by atoms with Crippen LogP contribution in [0.5, 0.6) is 0 Å². The summed E-state index contributed by atoms with van der Waals surface area (Å²) in [4.78, 5) is 15.2.